The normalized spacial score (nSPS) is 23.4. The van der Waals surface area contributed by atoms with E-state index in [1.807, 2.05) is 0 Å². The van der Waals surface area contributed by atoms with Crippen molar-refractivity contribution in [2.45, 2.75) is 46.6 Å². The van der Waals surface area contributed by atoms with Crippen LogP contribution in [0.1, 0.15) is 41.0 Å². The summed E-state index contributed by atoms with van der Waals surface area (Å²) in [6, 6.07) is 0. The summed E-state index contributed by atoms with van der Waals surface area (Å²) in [6.07, 6.45) is -0.277. The van der Waals surface area contributed by atoms with Crippen molar-refractivity contribution in [3.05, 3.63) is 0 Å². The topological polar surface area (TPSA) is 72.9 Å². The van der Waals surface area contributed by atoms with E-state index in [2.05, 4.69) is 0 Å². The van der Waals surface area contributed by atoms with Crippen LogP contribution in [0.3, 0.4) is 0 Å². The minimum Gasteiger partial charge on any atom is -0.465 e. The minimum absolute atomic E-state index is 0.121. The molecule has 0 saturated carbocycles. The summed E-state index contributed by atoms with van der Waals surface area (Å²) in [4.78, 5) is 37.2. The highest BCUT2D eigenvalue weighted by Crippen LogP contribution is 2.30. The van der Waals surface area contributed by atoms with Gasteiger partial charge in [0.15, 0.2) is 5.78 Å². The van der Waals surface area contributed by atoms with Crippen molar-refractivity contribution in [2.24, 2.45) is 5.41 Å². The van der Waals surface area contributed by atoms with Crippen LogP contribution >= 0.6 is 0 Å². The number of hydrogen-bond donors (Lipinski definition) is 0. The zero-order valence-electron chi connectivity index (χ0n) is 12.8. The maximum atomic E-state index is 12.2. The molecule has 0 aliphatic carbocycles. The Morgan fingerprint density at radius 2 is 1.95 bits per heavy atom. The minimum atomic E-state index is -1.16. The number of piperidine rings is 1. The lowest BCUT2D eigenvalue weighted by molar-refractivity contribution is -0.162. The van der Waals surface area contributed by atoms with E-state index >= 15 is 0 Å². The SMILES string of the molecule is CCOC(=O)[C@@]1(C)CCN(C(=O)OC(C)(C)C)CC1=O. The van der Waals surface area contributed by atoms with E-state index in [-0.39, 0.29) is 25.4 Å². The van der Waals surface area contributed by atoms with Gasteiger partial charge in [0.25, 0.3) is 0 Å². The smallest absolute Gasteiger partial charge is 0.410 e. The molecular weight excluding hydrogens is 262 g/mol. The van der Waals surface area contributed by atoms with Crippen LogP contribution in [0.4, 0.5) is 4.79 Å². The summed E-state index contributed by atoms with van der Waals surface area (Å²) >= 11 is 0. The Labute approximate surface area is 119 Å². The van der Waals surface area contributed by atoms with E-state index in [1.54, 1.807) is 34.6 Å². The van der Waals surface area contributed by atoms with Crippen molar-refractivity contribution >= 4 is 17.8 Å². The lowest BCUT2D eigenvalue weighted by Gasteiger charge is -2.36. The first-order valence-electron chi connectivity index (χ1n) is 6.78. The number of ether oxygens (including phenoxy) is 2. The molecule has 0 N–H and O–H groups in total. The number of esters is 1. The monoisotopic (exact) mass is 285 g/mol. The molecule has 1 amide bonds. The number of nitrogens with zero attached hydrogens (tertiary/aromatic N) is 1. The number of carbonyl (C=O) groups excluding carboxylic acids is 3. The average Bonchev–Trinajstić information content (AvgIpc) is 2.30. The fourth-order valence-corrected chi connectivity index (χ4v) is 1.91. The van der Waals surface area contributed by atoms with Crippen LogP contribution in [-0.4, -0.2) is 48.0 Å². The van der Waals surface area contributed by atoms with Crippen molar-refractivity contribution < 1.29 is 23.9 Å². The van der Waals surface area contributed by atoms with Gasteiger partial charge in [-0.1, -0.05) is 0 Å². The van der Waals surface area contributed by atoms with Gasteiger partial charge in [0.05, 0.1) is 13.2 Å². The van der Waals surface area contributed by atoms with Crippen LogP contribution in [-0.2, 0) is 19.1 Å². The molecule has 1 saturated heterocycles. The van der Waals surface area contributed by atoms with Gasteiger partial charge in [-0.3, -0.25) is 9.59 Å². The summed E-state index contributed by atoms with van der Waals surface area (Å²) in [6.45, 7) is 8.97. The molecule has 0 radical (unpaired) electrons. The second-order valence-corrected chi connectivity index (χ2v) is 6.13. The molecule has 0 aromatic heterocycles. The Bertz CT molecular complexity index is 412. The molecule has 1 aliphatic heterocycles. The predicted octanol–water partition coefficient (Wildman–Crippen LogP) is 1.77. The van der Waals surface area contributed by atoms with Gasteiger partial charge in [-0.2, -0.15) is 0 Å². The average molecular weight is 285 g/mol. The zero-order chi connectivity index (χ0) is 15.6. The number of rotatable bonds is 2. The Morgan fingerprint density at radius 3 is 2.40 bits per heavy atom. The number of amides is 1. The molecule has 0 bridgehead atoms. The maximum absolute atomic E-state index is 12.2. The second-order valence-electron chi connectivity index (χ2n) is 6.13. The van der Waals surface area contributed by atoms with E-state index in [1.165, 1.54) is 4.90 Å². The van der Waals surface area contributed by atoms with Crippen molar-refractivity contribution in [3.63, 3.8) is 0 Å². The van der Waals surface area contributed by atoms with Crippen LogP contribution in [0, 0.1) is 5.41 Å². The van der Waals surface area contributed by atoms with E-state index in [0.29, 0.717) is 6.54 Å². The van der Waals surface area contributed by atoms with Gasteiger partial charge >= 0.3 is 12.1 Å². The van der Waals surface area contributed by atoms with Crippen molar-refractivity contribution in [1.82, 2.24) is 4.90 Å². The van der Waals surface area contributed by atoms with Gasteiger partial charge in [0.1, 0.15) is 11.0 Å². The number of likely N-dealkylation sites (tertiary alicyclic amines) is 1. The molecule has 20 heavy (non-hydrogen) atoms. The van der Waals surface area contributed by atoms with Gasteiger partial charge in [-0.15, -0.1) is 0 Å². The van der Waals surface area contributed by atoms with Gasteiger partial charge in [-0.05, 0) is 41.0 Å². The molecule has 1 aliphatic rings. The number of carbonyl (C=O) groups is 3. The van der Waals surface area contributed by atoms with Gasteiger partial charge < -0.3 is 14.4 Å². The van der Waals surface area contributed by atoms with Gasteiger partial charge in [0.2, 0.25) is 0 Å². The van der Waals surface area contributed by atoms with Crippen LogP contribution in [0.2, 0.25) is 0 Å². The fourth-order valence-electron chi connectivity index (χ4n) is 1.91. The first-order chi connectivity index (χ1) is 9.10. The van der Waals surface area contributed by atoms with Crippen LogP contribution in [0.5, 0.6) is 0 Å². The Morgan fingerprint density at radius 1 is 1.35 bits per heavy atom. The standard InChI is InChI=1S/C14H23NO5/c1-6-19-11(17)14(5)7-8-15(9-10(14)16)12(18)20-13(2,3)4/h6-9H2,1-5H3/t14-/m0/s1. The number of hydrogen-bond acceptors (Lipinski definition) is 5. The Kier molecular flexibility index (Phi) is 4.78. The van der Waals surface area contributed by atoms with E-state index < -0.39 is 23.1 Å². The van der Waals surface area contributed by atoms with Crippen molar-refractivity contribution in [1.29, 1.82) is 0 Å². The molecule has 6 heteroatoms. The second kappa shape index (κ2) is 5.81. The molecule has 1 atom stereocenters. The Hall–Kier alpha value is -1.59. The molecule has 0 aromatic carbocycles. The number of Topliss-reactive ketones (excluding diaryl/α,β-unsaturated/α-hetero) is 1. The van der Waals surface area contributed by atoms with E-state index in [4.69, 9.17) is 9.47 Å². The third-order valence-corrected chi connectivity index (χ3v) is 3.21. The first kappa shape index (κ1) is 16.5. The third-order valence-electron chi connectivity index (χ3n) is 3.21. The molecule has 1 rings (SSSR count). The Balaban J connectivity index is 2.70. The molecule has 6 nitrogen and oxygen atoms in total. The quantitative estimate of drug-likeness (QED) is 0.571. The molecule has 0 unspecified atom stereocenters. The zero-order valence-corrected chi connectivity index (χ0v) is 12.8. The summed E-state index contributed by atoms with van der Waals surface area (Å²) in [5, 5.41) is 0. The van der Waals surface area contributed by atoms with E-state index in [0.717, 1.165) is 0 Å². The molecule has 0 spiro atoms. The fraction of sp³-hybridized carbons (Fsp3) is 0.786. The van der Waals surface area contributed by atoms with E-state index in [9.17, 15) is 14.4 Å². The van der Waals surface area contributed by atoms with Gasteiger partial charge in [0, 0.05) is 6.54 Å². The van der Waals surface area contributed by atoms with Gasteiger partial charge in [-0.25, -0.2) is 4.79 Å². The lowest BCUT2D eigenvalue weighted by Crippen LogP contribution is -2.53. The largest absolute Gasteiger partial charge is 0.465 e. The highest BCUT2D eigenvalue weighted by molar-refractivity contribution is 6.05. The summed E-state index contributed by atoms with van der Waals surface area (Å²) < 4.78 is 10.2. The maximum Gasteiger partial charge on any atom is 0.410 e. The summed E-state index contributed by atoms with van der Waals surface area (Å²) in [7, 11) is 0. The number of ketones is 1. The highest BCUT2D eigenvalue weighted by atomic mass is 16.6. The third kappa shape index (κ3) is 3.71. The molecule has 0 aromatic rings. The summed E-state index contributed by atoms with van der Waals surface area (Å²) in [5.41, 5.74) is -1.77. The molecule has 114 valence electrons. The molecule has 1 heterocycles. The van der Waals surface area contributed by atoms with Crippen molar-refractivity contribution in [3.8, 4) is 0 Å². The first-order valence-corrected chi connectivity index (χ1v) is 6.78. The van der Waals surface area contributed by atoms with Crippen LogP contribution in [0.25, 0.3) is 0 Å². The highest BCUT2D eigenvalue weighted by Gasteiger charge is 2.47. The predicted molar refractivity (Wildman–Crippen MR) is 72.2 cm³/mol. The molecular formula is C14H23NO5. The van der Waals surface area contributed by atoms with Crippen LogP contribution < -0.4 is 0 Å². The van der Waals surface area contributed by atoms with Crippen LogP contribution in [0.15, 0.2) is 0 Å². The van der Waals surface area contributed by atoms with Crippen molar-refractivity contribution in [2.75, 3.05) is 19.7 Å². The summed E-state index contributed by atoms with van der Waals surface area (Å²) in [5.74, 6) is -0.832. The molecule has 1 fully saturated rings. The lowest BCUT2D eigenvalue weighted by atomic mass is 9.79.